The van der Waals surface area contributed by atoms with Gasteiger partial charge < -0.3 is 5.32 Å². The fraction of sp³-hybridized carbons (Fsp3) is 0.647. The van der Waals surface area contributed by atoms with Gasteiger partial charge in [-0.05, 0) is 44.0 Å². The van der Waals surface area contributed by atoms with Crippen LogP contribution in [-0.2, 0) is 6.54 Å². The van der Waals surface area contributed by atoms with Crippen molar-refractivity contribution in [1.29, 1.82) is 0 Å². The number of benzene rings is 1. The lowest BCUT2D eigenvalue weighted by Gasteiger charge is -2.23. The Kier molecular flexibility index (Phi) is 6.93. The summed E-state index contributed by atoms with van der Waals surface area (Å²) in [7, 11) is 0. The molecule has 1 N–H and O–H groups in total. The molecule has 0 heterocycles. The third kappa shape index (κ3) is 5.65. The number of nitrogens with one attached hydrogen (secondary N) is 1. The van der Waals surface area contributed by atoms with Crippen molar-refractivity contribution < 1.29 is 0 Å². The van der Waals surface area contributed by atoms with Crippen LogP contribution >= 0.6 is 0 Å². The van der Waals surface area contributed by atoms with E-state index in [1.807, 2.05) is 0 Å². The van der Waals surface area contributed by atoms with Gasteiger partial charge in [-0.25, -0.2) is 0 Å². The minimum absolute atomic E-state index is 0.526. The third-order valence-electron chi connectivity index (χ3n) is 3.53. The van der Waals surface area contributed by atoms with Crippen molar-refractivity contribution in [2.45, 2.75) is 53.6 Å². The lowest BCUT2D eigenvalue weighted by molar-refractivity contribution is 0.296. The maximum Gasteiger partial charge on any atom is 0.0387 e. The molecule has 1 atom stereocenters. The largest absolute Gasteiger partial charge is 0.382 e. The Bertz CT molecular complexity index is 356. The van der Waals surface area contributed by atoms with Gasteiger partial charge in [0.25, 0.3) is 0 Å². The Morgan fingerprint density at radius 2 is 1.68 bits per heavy atom. The highest BCUT2D eigenvalue weighted by Crippen LogP contribution is 2.19. The van der Waals surface area contributed by atoms with Crippen LogP contribution in [0.3, 0.4) is 0 Å². The van der Waals surface area contributed by atoms with Crippen molar-refractivity contribution in [3.8, 4) is 0 Å². The highest BCUT2D eigenvalue weighted by Gasteiger charge is 2.09. The first-order valence-electron chi connectivity index (χ1n) is 7.63. The summed E-state index contributed by atoms with van der Waals surface area (Å²) in [4.78, 5) is 2.45. The van der Waals surface area contributed by atoms with Crippen LogP contribution in [0.25, 0.3) is 0 Å². The Balaban J connectivity index is 2.72. The minimum atomic E-state index is 0.526. The van der Waals surface area contributed by atoms with E-state index in [4.69, 9.17) is 0 Å². The molecule has 1 unspecified atom stereocenters. The van der Waals surface area contributed by atoms with Gasteiger partial charge in [0.05, 0.1) is 0 Å². The molecule has 0 spiro atoms. The zero-order chi connectivity index (χ0) is 14.3. The van der Waals surface area contributed by atoms with Gasteiger partial charge in [-0.3, -0.25) is 4.90 Å². The predicted octanol–water partition coefficient (Wildman–Crippen LogP) is 4.37. The predicted molar refractivity (Wildman–Crippen MR) is 85.6 cm³/mol. The molecule has 0 saturated carbocycles. The first kappa shape index (κ1) is 16.0. The van der Waals surface area contributed by atoms with Crippen LogP contribution < -0.4 is 5.32 Å². The van der Waals surface area contributed by atoms with Crippen molar-refractivity contribution in [3.05, 3.63) is 29.8 Å². The molecule has 0 fully saturated rings. The zero-order valence-corrected chi connectivity index (χ0v) is 13.2. The average Bonchev–Trinajstić information content (AvgIpc) is 2.36. The summed E-state index contributed by atoms with van der Waals surface area (Å²) in [5, 5.41) is 3.67. The standard InChI is InChI=1S/C17H30N2/c1-6-19(7-2)13-16-10-8-9-11-17(16)18-15(5)12-14(3)4/h8-11,14-15,18H,6-7,12-13H2,1-5H3. The Labute approximate surface area is 119 Å². The van der Waals surface area contributed by atoms with Crippen LogP contribution in [-0.4, -0.2) is 24.0 Å². The van der Waals surface area contributed by atoms with Crippen LogP contribution in [0.2, 0.25) is 0 Å². The topological polar surface area (TPSA) is 15.3 Å². The van der Waals surface area contributed by atoms with Crippen LogP contribution in [0.4, 0.5) is 5.69 Å². The van der Waals surface area contributed by atoms with Gasteiger partial charge in [0.1, 0.15) is 0 Å². The highest BCUT2D eigenvalue weighted by atomic mass is 15.1. The molecule has 2 heteroatoms. The molecule has 0 aliphatic heterocycles. The van der Waals surface area contributed by atoms with E-state index < -0.39 is 0 Å². The number of anilines is 1. The van der Waals surface area contributed by atoms with Crippen molar-refractivity contribution in [3.63, 3.8) is 0 Å². The van der Waals surface area contributed by atoms with Gasteiger partial charge in [-0.2, -0.15) is 0 Å². The zero-order valence-electron chi connectivity index (χ0n) is 13.2. The fourth-order valence-electron chi connectivity index (χ4n) is 2.52. The molecular weight excluding hydrogens is 232 g/mol. The van der Waals surface area contributed by atoms with Crippen molar-refractivity contribution >= 4 is 5.69 Å². The summed E-state index contributed by atoms with van der Waals surface area (Å²) in [5.41, 5.74) is 2.70. The maximum absolute atomic E-state index is 3.67. The SMILES string of the molecule is CCN(CC)Cc1ccccc1NC(C)CC(C)C. The summed E-state index contributed by atoms with van der Waals surface area (Å²) in [6.07, 6.45) is 1.21. The second-order valence-corrected chi connectivity index (χ2v) is 5.79. The molecule has 2 nitrogen and oxygen atoms in total. The number of rotatable bonds is 8. The average molecular weight is 262 g/mol. The number of para-hydroxylation sites is 1. The molecular formula is C17H30N2. The normalized spacial score (nSPS) is 13.0. The van der Waals surface area contributed by atoms with E-state index >= 15 is 0 Å². The van der Waals surface area contributed by atoms with E-state index in [0.29, 0.717) is 6.04 Å². The summed E-state index contributed by atoms with van der Waals surface area (Å²) in [6.45, 7) is 14.5. The summed E-state index contributed by atoms with van der Waals surface area (Å²) in [5.74, 6) is 0.734. The van der Waals surface area contributed by atoms with Gasteiger partial charge >= 0.3 is 0 Å². The highest BCUT2D eigenvalue weighted by molar-refractivity contribution is 5.51. The van der Waals surface area contributed by atoms with E-state index in [1.54, 1.807) is 0 Å². The van der Waals surface area contributed by atoms with Crippen LogP contribution in [0.5, 0.6) is 0 Å². The van der Waals surface area contributed by atoms with Crippen molar-refractivity contribution in [1.82, 2.24) is 4.90 Å². The third-order valence-corrected chi connectivity index (χ3v) is 3.53. The number of hydrogen-bond donors (Lipinski definition) is 1. The summed E-state index contributed by atoms with van der Waals surface area (Å²) < 4.78 is 0. The molecule has 0 aliphatic rings. The summed E-state index contributed by atoms with van der Waals surface area (Å²) in [6, 6.07) is 9.23. The smallest absolute Gasteiger partial charge is 0.0387 e. The molecule has 0 radical (unpaired) electrons. The first-order valence-corrected chi connectivity index (χ1v) is 7.63. The van der Waals surface area contributed by atoms with E-state index in [1.165, 1.54) is 17.7 Å². The molecule has 1 aromatic carbocycles. The minimum Gasteiger partial charge on any atom is -0.382 e. The molecule has 1 rings (SSSR count). The second-order valence-electron chi connectivity index (χ2n) is 5.79. The second kappa shape index (κ2) is 8.21. The maximum atomic E-state index is 3.67. The molecule has 0 amide bonds. The van der Waals surface area contributed by atoms with E-state index in [0.717, 1.165) is 25.6 Å². The molecule has 108 valence electrons. The monoisotopic (exact) mass is 262 g/mol. The molecule has 0 aliphatic carbocycles. The van der Waals surface area contributed by atoms with Crippen LogP contribution in [0, 0.1) is 5.92 Å². The van der Waals surface area contributed by atoms with Crippen LogP contribution in [0.15, 0.2) is 24.3 Å². The van der Waals surface area contributed by atoms with Gasteiger partial charge in [-0.15, -0.1) is 0 Å². The lowest BCUT2D eigenvalue weighted by Crippen LogP contribution is -2.24. The quantitative estimate of drug-likeness (QED) is 0.748. The first-order chi connectivity index (χ1) is 9.06. The van der Waals surface area contributed by atoms with Crippen molar-refractivity contribution in [2.75, 3.05) is 18.4 Å². The molecule has 0 aromatic heterocycles. The van der Waals surface area contributed by atoms with Gasteiger partial charge in [0.2, 0.25) is 0 Å². The Morgan fingerprint density at radius 3 is 2.26 bits per heavy atom. The van der Waals surface area contributed by atoms with Gasteiger partial charge in [0, 0.05) is 18.3 Å². The van der Waals surface area contributed by atoms with E-state index in [-0.39, 0.29) is 0 Å². The lowest BCUT2D eigenvalue weighted by atomic mass is 10.0. The van der Waals surface area contributed by atoms with Gasteiger partial charge in [0.15, 0.2) is 0 Å². The van der Waals surface area contributed by atoms with Crippen LogP contribution in [0.1, 0.15) is 46.6 Å². The molecule has 19 heavy (non-hydrogen) atoms. The number of hydrogen-bond acceptors (Lipinski definition) is 2. The fourth-order valence-corrected chi connectivity index (χ4v) is 2.52. The van der Waals surface area contributed by atoms with Gasteiger partial charge in [-0.1, -0.05) is 45.9 Å². The van der Waals surface area contributed by atoms with E-state index in [2.05, 4.69) is 69.1 Å². The summed E-state index contributed by atoms with van der Waals surface area (Å²) >= 11 is 0. The Hall–Kier alpha value is -1.02. The van der Waals surface area contributed by atoms with Crippen molar-refractivity contribution in [2.24, 2.45) is 5.92 Å². The molecule has 0 bridgehead atoms. The molecule has 0 saturated heterocycles. The Morgan fingerprint density at radius 1 is 1.05 bits per heavy atom. The van der Waals surface area contributed by atoms with E-state index in [9.17, 15) is 0 Å². The number of nitrogens with zero attached hydrogens (tertiary/aromatic N) is 1. The molecule has 1 aromatic rings.